The maximum absolute atomic E-state index is 12.2. The lowest BCUT2D eigenvalue weighted by Gasteiger charge is -2.22. The van der Waals surface area contributed by atoms with E-state index >= 15 is 0 Å². The van der Waals surface area contributed by atoms with E-state index in [1.807, 2.05) is 12.1 Å². The highest BCUT2D eigenvalue weighted by Crippen LogP contribution is 2.21. The van der Waals surface area contributed by atoms with Crippen LogP contribution in [-0.4, -0.2) is 29.0 Å². The molecule has 0 saturated carbocycles. The Morgan fingerprint density at radius 2 is 2.32 bits per heavy atom. The minimum absolute atomic E-state index is 0.0497. The van der Waals surface area contributed by atoms with Crippen molar-refractivity contribution < 1.29 is 4.79 Å². The molecule has 1 amide bonds. The molecule has 0 bridgehead atoms. The first kappa shape index (κ1) is 12.0. The first-order valence-electron chi connectivity index (χ1n) is 6.55. The van der Waals surface area contributed by atoms with Crippen LogP contribution < -0.4 is 10.6 Å². The van der Waals surface area contributed by atoms with Gasteiger partial charge in [0.25, 0.3) is 0 Å². The normalized spacial score (nSPS) is 19.3. The Bertz CT molecular complexity index is 588. The Labute approximate surface area is 111 Å². The van der Waals surface area contributed by atoms with Crippen molar-refractivity contribution in [3.05, 3.63) is 30.7 Å². The molecule has 2 N–H and O–H groups in total. The fourth-order valence-corrected chi connectivity index (χ4v) is 2.41. The van der Waals surface area contributed by atoms with Crippen molar-refractivity contribution in [2.24, 2.45) is 5.92 Å². The Morgan fingerprint density at radius 1 is 1.37 bits per heavy atom. The number of hydrogen-bond acceptors (Lipinski definition) is 4. The minimum Gasteiger partial charge on any atom is -0.325 e. The third-order valence-electron chi connectivity index (χ3n) is 3.47. The van der Waals surface area contributed by atoms with Crippen LogP contribution in [-0.2, 0) is 4.79 Å². The van der Waals surface area contributed by atoms with E-state index < -0.39 is 0 Å². The van der Waals surface area contributed by atoms with E-state index in [1.54, 1.807) is 18.6 Å². The van der Waals surface area contributed by atoms with Gasteiger partial charge in [-0.2, -0.15) is 0 Å². The molecule has 0 spiro atoms. The molecule has 0 radical (unpaired) electrons. The zero-order chi connectivity index (χ0) is 13.1. The molecule has 5 nitrogen and oxygen atoms in total. The maximum Gasteiger partial charge on any atom is 0.228 e. The van der Waals surface area contributed by atoms with Crippen LogP contribution in [0.2, 0.25) is 0 Å². The van der Waals surface area contributed by atoms with E-state index in [0.717, 1.165) is 42.5 Å². The fraction of sp³-hybridized carbons (Fsp3) is 0.357. The van der Waals surface area contributed by atoms with Gasteiger partial charge < -0.3 is 10.6 Å². The molecule has 2 aromatic rings. The third kappa shape index (κ3) is 2.56. The first-order valence-corrected chi connectivity index (χ1v) is 6.55. The van der Waals surface area contributed by atoms with Crippen LogP contribution in [0.15, 0.2) is 30.7 Å². The number of fused-ring (bicyclic) bond motifs is 1. The van der Waals surface area contributed by atoms with Crippen molar-refractivity contribution in [1.82, 2.24) is 15.3 Å². The highest BCUT2D eigenvalue weighted by Gasteiger charge is 2.21. The molecule has 19 heavy (non-hydrogen) atoms. The molecule has 1 fully saturated rings. The number of carbonyl (C=O) groups excluding carboxylic acids is 1. The van der Waals surface area contributed by atoms with Gasteiger partial charge in [-0.15, -0.1) is 0 Å². The molecule has 2 aromatic heterocycles. The number of nitrogens with one attached hydrogen (secondary N) is 2. The van der Waals surface area contributed by atoms with E-state index in [2.05, 4.69) is 20.6 Å². The topological polar surface area (TPSA) is 66.9 Å². The molecule has 0 aliphatic carbocycles. The SMILES string of the molecule is O=C(Nc1ccnc2ccncc12)C1CCCNC1. The van der Waals surface area contributed by atoms with E-state index in [1.165, 1.54) is 0 Å². The molecule has 0 aromatic carbocycles. The number of amides is 1. The molecule has 3 rings (SSSR count). The predicted molar refractivity (Wildman–Crippen MR) is 73.8 cm³/mol. The average Bonchev–Trinajstić information content (AvgIpc) is 2.48. The second-order valence-electron chi connectivity index (χ2n) is 4.78. The number of aromatic nitrogens is 2. The molecule has 1 saturated heterocycles. The van der Waals surface area contributed by atoms with Crippen LogP contribution in [0, 0.1) is 5.92 Å². The summed E-state index contributed by atoms with van der Waals surface area (Å²) in [5.74, 6) is 0.122. The second-order valence-corrected chi connectivity index (χ2v) is 4.78. The lowest BCUT2D eigenvalue weighted by molar-refractivity contribution is -0.120. The Hall–Kier alpha value is -2.01. The summed E-state index contributed by atoms with van der Waals surface area (Å²) in [6.07, 6.45) is 7.14. The molecule has 98 valence electrons. The van der Waals surface area contributed by atoms with Crippen molar-refractivity contribution in [2.75, 3.05) is 18.4 Å². The zero-order valence-corrected chi connectivity index (χ0v) is 10.6. The number of nitrogens with zero attached hydrogens (tertiary/aromatic N) is 2. The van der Waals surface area contributed by atoms with E-state index in [0.29, 0.717) is 0 Å². The summed E-state index contributed by atoms with van der Waals surface area (Å²) < 4.78 is 0. The number of carbonyl (C=O) groups is 1. The van der Waals surface area contributed by atoms with E-state index in [9.17, 15) is 4.79 Å². The summed E-state index contributed by atoms with van der Waals surface area (Å²) in [5.41, 5.74) is 1.63. The van der Waals surface area contributed by atoms with Gasteiger partial charge in [0.05, 0.1) is 17.1 Å². The van der Waals surface area contributed by atoms with Gasteiger partial charge in [-0.1, -0.05) is 0 Å². The molecule has 1 atom stereocenters. The average molecular weight is 256 g/mol. The van der Waals surface area contributed by atoms with Crippen LogP contribution in [0.3, 0.4) is 0 Å². The largest absolute Gasteiger partial charge is 0.325 e. The Balaban J connectivity index is 1.82. The van der Waals surface area contributed by atoms with Crippen LogP contribution >= 0.6 is 0 Å². The summed E-state index contributed by atoms with van der Waals surface area (Å²) in [7, 11) is 0. The highest BCUT2D eigenvalue weighted by molar-refractivity contribution is 6.01. The van der Waals surface area contributed by atoms with Gasteiger partial charge in [0.1, 0.15) is 0 Å². The first-order chi connectivity index (χ1) is 9.34. The van der Waals surface area contributed by atoms with E-state index in [4.69, 9.17) is 0 Å². The smallest absolute Gasteiger partial charge is 0.228 e. The summed E-state index contributed by atoms with van der Waals surface area (Å²) in [6, 6.07) is 3.66. The number of anilines is 1. The van der Waals surface area contributed by atoms with Crippen LogP contribution in [0.25, 0.3) is 10.9 Å². The van der Waals surface area contributed by atoms with Crippen LogP contribution in [0.5, 0.6) is 0 Å². The van der Waals surface area contributed by atoms with Gasteiger partial charge in [0.2, 0.25) is 5.91 Å². The zero-order valence-electron chi connectivity index (χ0n) is 10.6. The number of pyridine rings is 2. The van der Waals surface area contributed by atoms with Gasteiger partial charge in [-0.05, 0) is 31.5 Å². The third-order valence-corrected chi connectivity index (χ3v) is 3.47. The molecular weight excluding hydrogens is 240 g/mol. The molecule has 3 heterocycles. The monoisotopic (exact) mass is 256 g/mol. The van der Waals surface area contributed by atoms with Crippen molar-refractivity contribution in [2.45, 2.75) is 12.8 Å². The quantitative estimate of drug-likeness (QED) is 0.856. The number of piperidine rings is 1. The van der Waals surface area contributed by atoms with Gasteiger partial charge in [0.15, 0.2) is 0 Å². The van der Waals surface area contributed by atoms with Crippen molar-refractivity contribution in [3.63, 3.8) is 0 Å². The Morgan fingerprint density at radius 3 is 3.16 bits per heavy atom. The predicted octanol–water partition coefficient (Wildman–Crippen LogP) is 1.57. The summed E-state index contributed by atoms with van der Waals surface area (Å²) in [4.78, 5) is 20.6. The minimum atomic E-state index is 0.0497. The van der Waals surface area contributed by atoms with Gasteiger partial charge in [-0.3, -0.25) is 14.8 Å². The van der Waals surface area contributed by atoms with E-state index in [-0.39, 0.29) is 11.8 Å². The lowest BCUT2D eigenvalue weighted by Crippen LogP contribution is -2.37. The highest BCUT2D eigenvalue weighted by atomic mass is 16.1. The van der Waals surface area contributed by atoms with Crippen LogP contribution in [0.1, 0.15) is 12.8 Å². The molecule has 1 unspecified atom stereocenters. The lowest BCUT2D eigenvalue weighted by atomic mass is 9.98. The maximum atomic E-state index is 12.2. The molecule has 1 aliphatic heterocycles. The van der Waals surface area contributed by atoms with Gasteiger partial charge in [0, 0.05) is 30.5 Å². The molecular formula is C14H16N4O. The summed E-state index contributed by atoms with van der Waals surface area (Å²) in [6.45, 7) is 1.76. The second kappa shape index (κ2) is 5.32. The van der Waals surface area contributed by atoms with Crippen molar-refractivity contribution >= 4 is 22.5 Å². The standard InChI is InChI=1S/C14H16N4O/c19-14(10-2-1-5-15-8-10)18-13-4-7-17-12-3-6-16-9-11(12)13/h3-4,6-7,9-10,15H,1-2,5,8H2,(H,17,18,19). The number of rotatable bonds is 2. The Kier molecular flexibility index (Phi) is 3.37. The van der Waals surface area contributed by atoms with Crippen LogP contribution in [0.4, 0.5) is 5.69 Å². The number of hydrogen-bond donors (Lipinski definition) is 2. The summed E-state index contributed by atoms with van der Waals surface area (Å²) in [5, 5.41) is 7.13. The van der Waals surface area contributed by atoms with Crippen molar-refractivity contribution in [3.8, 4) is 0 Å². The van der Waals surface area contributed by atoms with Gasteiger partial charge in [-0.25, -0.2) is 0 Å². The summed E-state index contributed by atoms with van der Waals surface area (Å²) >= 11 is 0. The van der Waals surface area contributed by atoms with Crippen molar-refractivity contribution in [1.29, 1.82) is 0 Å². The fourth-order valence-electron chi connectivity index (χ4n) is 2.41. The van der Waals surface area contributed by atoms with Gasteiger partial charge >= 0.3 is 0 Å². The molecule has 1 aliphatic rings. The molecule has 5 heteroatoms.